The van der Waals surface area contributed by atoms with Crippen LogP contribution in [0, 0.1) is 0 Å². The fourth-order valence-electron chi connectivity index (χ4n) is 4.64. The molecule has 0 saturated heterocycles. The third kappa shape index (κ3) is 9.05. The SMILES string of the molecule is C=C(/C=C1/N=C(c2ccc(O)cc2)C=C(c2ccc(Oc3ccccc3)cc2)N1C)C(=O)NC(C)Cc1ccccc1.O=CO. The zero-order chi connectivity index (χ0) is 32.2. The number of para-hydroxylation sites is 1. The van der Waals surface area contributed by atoms with Gasteiger partial charge in [-0.05, 0) is 97.3 Å². The van der Waals surface area contributed by atoms with Crippen molar-refractivity contribution in [3.05, 3.63) is 156 Å². The van der Waals surface area contributed by atoms with Crippen LogP contribution in [0.4, 0.5) is 0 Å². The smallest absolute Gasteiger partial charge is 0.290 e. The van der Waals surface area contributed by atoms with Gasteiger partial charge in [-0.3, -0.25) is 9.59 Å². The molecule has 3 N–H and O–H groups in total. The summed E-state index contributed by atoms with van der Waals surface area (Å²) in [6.07, 6.45) is 4.41. The Bertz CT molecular complexity index is 1690. The number of aliphatic imine (C=N–C) groups is 1. The number of carboxylic acid groups (broad SMARTS) is 1. The maximum absolute atomic E-state index is 13.1. The zero-order valence-corrected chi connectivity index (χ0v) is 25.1. The van der Waals surface area contributed by atoms with E-state index in [9.17, 15) is 9.90 Å². The molecule has 0 aromatic heterocycles. The van der Waals surface area contributed by atoms with Crippen LogP contribution in [0.2, 0.25) is 0 Å². The lowest BCUT2D eigenvalue weighted by Gasteiger charge is -2.28. The Morgan fingerprint density at radius 1 is 0.911 bits per heavy atom. The van der Waals surface area contributed by atoms with E-state index in [1.807, 2.05) is 122 Å². The zero-order valence-electron chi connectivity index (χ0n) is 25.1. The van der Waals surface area contributed by atoms with Crippen LogP contribution in [0.15, 0.2) is 144 Å². The molecule has 8 nitrogen and oxygen atoms in total. The first-order valence-corrected chi connectivity index (χ1v) is 14.3. The molecule has 1 amide bonds. The summed E-state index contributed by atoms with van der Waals surface area (Å²) < 4.78 is 5.97. The quantitative estimate of drug-likeness (QED) is 0.144. The Hall–Kier alpha value is -5.89. The van der Waals surface area contributed by atoms with E-state index in [-0.39, 0.29) is 24.2 Å². The number of phenols is 1. The molecule has 0 radical (unpaired) electrons. The second kappa shape index (κ2) is 15.5. The molecule has 4 aromatic rings. The first kappa shape index (κ1) is 32.0. The number of allylic oxidation sites excluding steroid dienone is 1. The summed E-state index contributed by atoms with van der Waals surface area (Å²) in [6.45, 7) is 5.78. The average molecular weight is 602 g/mol. The highest BCUT2D eigenvalue weighted by Crippen LogP contribution is 2.31. The van der Waals surface area contributed by atoms with Crippen LogP contribution >= 0.6 is 0 Å². The molecule has 4 aromatic carbocycles. The predicted octanol–water partition coefficient (Wildman–Crippen LogP) is 6.81. The van der Waals surface area contributed by atoms with Crippen molar-refractivity contribution in [3.63, 3.8) is 0 Å². The van der Waals surface area contributed by atoms with Crippen LogP contribution in [0.3, 0.4) is 0 Å². The molecule has 0 aliphatic carbocycles. The highest BCUT2D eigenvalue weighted by Gasteiger charge is 2.21. The number of hydrogen-bond donors (Lipinski definition) is 3. The summed E-state index contributed by atoms with van der Waals surface area (Å²) in [6, 6.07) is 34.3. The normalized spacial score (nSPS) is 13.8. The number of nitrogens with zero attached hydrogens (tertiary/aromatic N) is 2. The highest BCUT2D eigenvalue weighted by atomic mass is 16.5. The van der Waals surface area contributed by atoms with Gasteiger partial charge in [0.05, 0.1) is 11.4 Å². The topological polar surface area (TPSA) is 111 Å². The van der Waals surface area contributed by atoms with Gasteiger partial charge >= 0.3 is 0 Å². The fraction of sp³-hybridized carbons (Fsp3) is 0.108. The molecule has 228 valence electrons. The second-order valence-corrected chi connectivity index (χ2v) is 10.3. The van der Waals surface area contributed by atoms with Crippen molar-refractivity contribution >= 4 is 23.8 Å². The van der Waals surface area contributed by atoms with Gasteiger partial charge in [0.2, 0.25) is 0 Å². The largest absolute Gasteiger partial charge is 0.508 e. The Kier molecular flexibility index (Phi) is 11.1. The molecule has 0 fully saturated rings. The second-order valence-electron chi connectivity index (χ2n) is 10.3. The van der Waals surface area contributed by atoms with Gasteiger partial charge in [-0.1, -0.05) is 55.1 Å². The molecule has 1 unspecified atom stereocenters. The van der Waals surface area contributed by atoms with Crippen molar-refractivity contribution in [1.82, 2.24) is 10.2 Å². The number of hydrogen-bond acceptors (Lipinski definition) is 6. The van der Waals surface area contributed by atoms with E-state index in [4.69, 9.17) is 19.6 Å². The van der Waals surface area contributed by atoms with Gasteiger partial charge in [0.1, 0.15) is 23.1 Å². The standard InChI is InChI=1S/C36H33N3O3.CH2O2/c1-25(36(41)37-26(2)23-27-10-6-4-7-11-27)22-35-38-33(28-14-18-30(40)19-15-28)24-34(39(35)3)29-16-20-32(21-17-29)42-31-12-8-5-9-13-31;2-1-3/h4-22,24,26,40H,1,23H2,2-3H3,(H,37,41);1H,(H,2,3)/b35-22-;. The van der Waals surface area contributed by atoms with Crippen LogP contribution in [-0.4, -0.2) is 46.3 Å². The molecule has 8 heteroatoms. The molecule has 1 atom stereocenters. The highest BCUT2D eigenvalue weighted by molar-refractivity contribution is 6.13. The summed E-state index contributed by atoms with van der Waals surface area (Å²) >= 11 is 0. The molecular formula is C37H35N3O5. The van der Waals surface area contributed by atoms with E-state index in [2.05, 4.69) is 11.9 Å². The summed E-state index contributed by atoms with van der Waals surface area (Å²) in [5, 5.41) is 19.7. The number of nitrogens with one attached hydrogen (secondary N) is 1. The predicted molar refractivity (Wildman–Crippen MR) is 177 cm³/mol. The first-order chi connectivity index (χ1) is 21.8. The van der Waals surface area contributed by atoms with Crippen molar-refractivity contribution in [2.75, 3.05) is 7.05 Å². The molecule has 0 saturated carbocycles. The number of benzene rings is 4. The van der Waals surface area contributed by atoms with Crippen molar-refractivity contribution in [2.24, 2.45) is 4.99 Å². The van der Waals surface area contributed by atoms with Gasteiger partial charge in [-0.15, -0.1) is 0 Å². The average Bonchev–Trinajstić information content (AvgIpc) is 3.04. The first-order valence-electron chi connectivity index (χ1n) is 14.3. The number of carbonyl (C=O) groups is 2. The van der Waals surface area contributed by atoms with Crippen molar-refractivity contribution in [1.29, 1.82) is 0 Å². The monoisotopic (exact) mass is 601 g/mol. The van der Waals surface area contributed by atoms with Crippen LogP contribution in [0.25, 0.3) is 5.70 Å². The fourth-order valence-corrected chi connectivity index (χ4v) is 4.64. The van der Waals surface area contributed by atoms with Crippen molar-refractivity contribution < 1.29 is 24.5 Å². The minimum Gasteiger partial charge on any atom is -0.508 e. The lowest BCUT2D eigenvalue weighted by atomic mass is 10.0. The van der Waals surface area contributed by atoms with Gasteiger partial charge in [0.25, 0.3) is 12.4 Å². The minimum absolute atomic E-state index is 0.0673. The third-order valence-electron chi connectivity index (χ3n) is 6.86. The Morgan fingerprint density at radius 3 is 2.09 bits per heavy atom. The molecule has 1 aliphatic heterocycles. The Labute approximate surface area is 263 Å². The van der Waals surface area contributed by atoms with Crippen LogP contribution in [0.5, 0.6) is 17.2 Å². The number of carbonyl (C=O) groups excluding carboxylic acids is 1. The number of aromatic hydroxyl groups is 1. The van der Waals surface area contributed by atoms with Crippen LogP contribution in [-0.2, 0) is 16.0 Å². The Morgan fingerprint density at radius 2 is 1.47 bits per heavy atom. The van der Waals surface area contributed by atoms with Crippen LogP contribution in [0.1, 0.15) is 23.6 Å². The lowest BCUT2D eigenvalue weighted by molar-refractivity contribution is -0.123. The van der Waals surface area contributed by atoms with E-state index in [0.29, 0.717) is 17.1 Å². The van der Waals surface area contributed by atoms with Crippen LogP contribution < -0.4 is 10.1 Å². The number of rotatable bonds is 9. The van der Waals surface area contributed by atoms with Gasteiger partial charge in [0.15, 0.2) is 0 Å². The lowest BCUT2D eigenvalue weighted by Crippen LogP contribution is -2.34. The van der Waals surface area contributed by atoms with E-state index in [1.54, 1.807) is 18.2 Å². The van der Waals surface area contributed by atoms with Crippen molar-refractivity contribution in [3.8, 4) is 17.2 Å². The number of ether oxygens (including phenoxy) is 1. The summed E-state index contributed by atoms with van der Waals surface area (Å²) in [7, 11) is 1.91. The van der Waals surface area contributed by atoms with E-state index in [1.165, 1.54) is 0 Å². The molecule has 1 aliphatic rings. The number of amides is 1. The molecule has 5 rings (SSSR count). The summed E-state index contributed by atoms with van der Waals surface area (Å²) in [4.78, 5) is 28.2. The van der Waals surface area contributed by atoms with Gasteiger partial charge in [-0.2, -0.15) is 0 Å². The summed E-state index contributed by atoms with van der Waals surface area (Å²) in [5.41, 5.74) is 4.82. The van der Waals surface area contributed by atoms with Gasteiger partial charge < -0.3 is 25.2 Å². The maximum Gasteiger partial charge on any atom is 0.290 e. The molecule has 0 bridgehead atoms. The number of phenolic OH excluding ortho intramolecular Hbond substituents is 1. The maximum atomic E-state index is 13.1. The molecule has 0 spiro atoms. The summed E-state index contributed by atoms with van der Waals surface area (Å²) in [5.74, 6) is 1.98. The van der Waals surface area contributed by atoms with Gasteiger partial charge in [-0.25, -0.2) is 4.99 Å². The molecule has 1 heterocycles. The molecule has 45 heavy (non-hydrogen) atoms. The minimum atomic E-state index is -0.251. The van der Waals surface area contributed by atoms with E-state index in [0.717, 1.165) is 40.3 Å². The van der Waals surface area contributed by atoms with Crippen molar-refractivity contribution in [2.45, 2.75) is 19.4 Å². The van der Waals surface area contributed by atoms with E-state index < -0.39 is 0 Å². The Balaban J connectivity index is 0.00000148. The third-order valence-corrected chi connectivity index (χ3v) is 6.86. The van der Waals surface area contributed by atoms with Gasteiger partial charge in [0, 0.05) is 24.2 Å². The molecular weight excluding hydrogens is 566 g/mol. The van der Waals surface area contributed by atoms with E-state index >= 15 is 0 Å².